The Kier molecular flexibility index (Phi) is 6.76. The number of hydrogen-bond donors (Lipinski definition) is 1. The van der Waals surface area contributed by atoms with Gasteiger partial charge in [-0.05, 0) is 48.7 Å². The maximum Gasteiger partial charge on any atom is 0.260 e. The summed E-state index contributed by atoms with van der Waals surface area (Å²) in [5, 5.41) is 2.65. The minimum Gasteiger partial charge on any atom is -0.497 e. The van der Waals surface area contributed by atoms with E-state index >= 15 is 0 Å². The van der Waals surface area contributed by atoms with Crippen molar-refractivity contribution in [3.63, 3.8) is 0 Å². The van der Waals surface area contributed by atoms with Crippen molar-refractivity contribution in [2.75, 3.05) is 26.0 Å². The number of para-hydroxylation sites is 1. The van der Waals surface area contributed by atoms with Crippen molar-refractivity contribution in [2.45, 2.75) is 26.0 Å². The van der Waals surface area contributed by atoms with Crippen molar-refractivity contribution >= 4 is 15.9 Å². The van der Waals surface area contributed by atoms with E-state index in [9.17, 15) is 13.2 Å². The number of nitrogens with one attached hydrogen (secondary N) is 1. The molecule has 8 heteroatoms. The molecule has 0 aliphatic carbocycles. The van der Waals surface area contributed by atoms with Crippen molar-refractivity contribution < 1.29 is 22.7 Å². The molecule has 1 N–H and O–H groups in total. The van der Waals surface area contributed by atoms with Gasteiger partial charge >= 0.3 is 0 Å². The van der Waals surface area contributed by atoms with Crippen LogP contribution >= 0.6 is 0 Å². The molecule has 0 aromatic heterocycles. The van der Waals surface area contributed by atoms with Gasteiger partial charge in [-0.2, -0.15) is 4.31 Å². The number of nitrogens with zero attached hydrogens (tertiary/aromatic N) is 1. The zero-order valence-corrected chi connectivity index (χ0v) is 17.4. The standard InChI is InChI=1S/C21H26N2O5S/c1-16(28-19-6-4-3-5-7-19)21(24)22-11-13-29(25,26)23-12-10-17-14-20(27-2)9-8-18(17)15-23/h3-9,14,16H,10-13,15H2,1-2H3,(H,22,24). The molecule has 0 spiro atoms. The van der Waals surface area contributed by atoms with Crippen LogP contribution in [0.15, 0.2) is 48.5 Å². The number of carbonyl (C=O) groups is 1. The van der Waals surface area contributed by atoms with Crippen LogP contribution in [0, 0.1) is 0 Å². The van der Waals surface area contributed by atoms with Crippen LogP contribution < -0.4 is 14.8 Å². The molecule has 0 saturated carbocycles. The third kappa shape index (κ3) is 5.48. The van der Waals surface area contributed by atoms with E-state index in [0.29, 0.717) is 25.3 Å². The van der Waals surface area contributed by atoms with Crippen LogP contribution in [0.4, 0.5) is 0 Å². The van der Waals surface area contributed by atoms with Crippen molar-refractivity contribution in [1.29, 1.82) is 0 Å². The van der Waals surface area contributed by atoms with E-state index in [1.54, 1.807) is 26.2 Å². The summed E-state index contributed by atoms with van der Waals surface area (Å²) < 4.78 is 37.6. The number of sulfonamides is 1. The van der Waals surface area contributed by atoms with Crippen molar-refractivity contribution in [3.05, 3.63) is 59.7 Å². The smallest absolute Gasteiger partial charge is 0.260 e. The molecular formula is C21H26N2O5S. The van der Waals surface area contributed by atoms with Crippen molar-refractivity contribution in [2.24, 2.45) is 0 Å². The third-order valence-electron chi connectivity index (χ3n) is 4.87. The second-order valence-electron chi connectivity index (χ2n) is 6.90. The molecule has 1 aliphatic heterocycles. The van der Waals surface area contributed by atoms with E-state index in [1.807, 2.05) is 36.4 Å². The number of amides is 1. The molecule has 1 unspecified atom stereocenters. The molecule has 0 fully saturated rings. The molecule has 0 radical (unpaired) electrons. The average Bonchev–Trinajstić information content (AvgIpc) is 2.73. The molecular weight excluding hydrogens is 392 g/mol. The normalized spacial score (nSPS) is 15.2. The highest BCUT2D eigenvalue weighted by molar-refractivity contribution is 7.89. The summed E-state index contributed by atoms with van der Waals surface area (Å²) in [5.41, 5.74) is 2.09. The van der Waals surface area contributed by atoms with Gasteiger partial charge in [0.1, 0.15) is 11.5 Å². The number of benzene rings is 2. The van der Waals surface area contributed by atoms with Gasteiger partial charge in [0.05, 0.1) is 12.9 Å². The first-order valence-electron chi connectivity index (χ1n) is 9.52. The van der Waals surface area contributed by atoms with Gasteiger partial charge in [0, 0.05) is 19.6 Å². The van der Waals surface area contributed by atoms with Gasteiger partial charge in [-0.1, -0.05) is 24.3 Å². The van der Waals surface area contributed by atoms with E-state index in [2.05, 4.69) is 5.32 Å². The Morgan fingerprint density at radius 3 is 2.62 bits per heavy atom. The summed E-state index contributed by atoms with van der Waals surface area (Å²) in [4.78, 5) is 12.2. The van der Waals surface area contributed by atoms with E-state index in [0.717, 1.165) is 16.9 Å². The maximum atomic E-state index is 12.7. The van der Waals surface area contributed by atoms with Gasteiger partial charge in [0.2, 0.25) is 10.0 Å². The summed E-state index contributed by atoms with van der Waals surface area (Å²) in [5.74, 6) is 0.864. The van der Waals surface area contributed by atoms with Crippen molar-refractivity contribution in [3.8, 4) is 11.5 Å². The van der Waals surface area contributed by atoms with Crippen LogP contribution in [0.25, 0.3) is 0 Å². The van der Waals surface area contributed by atoms with Crippen LogP contribution in [-0.4, -0.2) is 50.7 Å². The first kappa shape index (κ1) is 21.1. The molecule has 29 heavy (non-hydrogen) atoms. The van der Waals surface area contributed by atoms with Gasteiger partial charge in [-0.15, -0.1) is 0 Å². The fourth-order valence-electron chi connectivity index (χ4n) is 3.20. The Balaban J connectivity index is 1.50. The molecule has 2 aromatic carbocycles. The summed E-state index contributed by atoms with van der Waals surface area (Å²) in [6.07, 6.45) is -0.0722. The molecule has 7 nitrogen and oxygen atoms in total. The molecule has 0 bridgehead atoms. The molecule has 1 amide bonds. The van der Waals surface area contributed by atoms with Crippen LogP contribution in [0.1, 0.15) is 18.1 Å². The Morgan fingerprint density at radius 2 is 1.90 bits per heavy atom. The molecule has 2 aromatic rings. The number of ether oxygens (including phenoxy) is 2. The largest absolute Gasteiger partial charge is 0.497 e. The Labute approximate surface area is 171 Å². The summed E-state index contributed by atoms with van der Waals surface area (Å²) in [6, 6.07) is 14.7. The Bertz CT molecular complexity index is 947. The third-order valence-corrected chi connectivity index (χ3v) is 6.69. The molecule has 156 valence electrons. The van der Waals surface area contributed by atoms with Gasteiger partial charge in [-0.25, -0.2) is 8.42 Å². The van der Waals surface area contributed by atoms with Crippen molar-refractivity contribution in [1.82, 2.24) is 9.62 Å². The van der Waals surface area contributed by atoms with Gasteiger partial charge < -0.3 is 14.8 Å². The molecule has 3 rings (SSSR count). The molecule has 1 heterocycles. The quantitative estimate of drug-likeness (QED) is 0.709. The maximum absolute atomic E-state index is 12.7. The number of rotatable bonds is 8. The molecule has 0 saturated heterocycles. The summed E-state index contributed by atoms with van der Waals surface area (Å²) in [6.45, 7) is 2.43. The lowest BCUT2D eigenvalue weighted by Crippen LogP contribution is -2.42. The van der Waals surface area contributed by atoms with E-state index in [4.69, 9.17) is 9.47 Å². The lowest BCUT2D eigenvalue weighted by Gasteiger charge is -2.28. The topological polar surface area (TPSA) is 84.9 Å². The molecule has 1 aliphatic rings. The lowest BCUT2D eigenvalue weighted by atomic mass is 10.0. The predicted octanol–water partition coefficient (Wildman–Crippen LogP) is 1.97. The van der Waals surface area contributed by atoms with Gasteiger partial charge in [-0.3, -0.25) is 4.79 Å². The van der Waals surface area contributed by atoms with Crippen LogP contribution in [0.5, 0.6) is 11.5 Å². The summed E-state index contributed by atoms with van der Waals surface area (Å²) in [7, 11) is -1.86. The second-order valence-corrected chi connectivity index (χ2v) is 8.99. The van der Waals surface area contributed by atoms with E-state index < -0.39 is 16.1 Å². The first-order chi connectivity index (χ1) is 13.9. The molecule has 1 atom stereocenters. The average molecular weight is 419 g/mol. The van der Waals surface area contributed by atoms with E-state index in [-0.39, 0.29) is 18.2 Å². The number of fused-ring (bicyclic) bond motifs is 1. The van der Waals surface area contributed by atoms with E-state index in [1.165, 1.54) is 4.31 Å². The van der Waals surface area contributed by atoms with Gasteiger partial charge in [0.25, 0.3) is 5.91 Å². The lowest BCUT2D eigenvalue weighted by molar-refractivity contribution is -0.127. The first-order valence-corrected chi connectivity index (χ1v) is 11.1. The summed E-state index contributed by atoms with van der Waals surface area (Å²) >= 11 is 0. The van der Waals surface area contributed by atoms with Crippen LogP contribution in [0.3, 0.4) is 0 Å². The minimum absolute atomic E-state index is 0.0373. The zero-order valence-electron chi connectivity index (χ0n) is 16.6. The highest BCUT2D eigenvalue weighted by Gasteiger charge is 2.27. The zero-order chi connectivity index (χ0) is 20.9. The fourth-order valence-corrected chi connectivity index (χ4v) is 4.52. The monoisotopic (exact) mass is 418 g/mol. The van der Waals surface area contributed by atoms with Crippen LogP contribution in [-0.2, 0) is 27.8 Å². The SMILES string of the molecule is COc1ccc2c(c1)CCN(S(=O)(=O)CCNC(=O)C(C)Oc1ccccc1)C2. The number of hydrogen-bond acceptors (Lipinski definition) is 5. The number of methoxy groups -OCH3 is 1. The fraction of sp³-hybridized carbons (Fsp3) is 0.381. The number of carbonyl (C=O) groups excluding carboxylic acids is 1. The van der Waals surface area contributed by atoms with Gasteiger partial charge in [0.15, 0.2) is 6.10 Å². The minimum atomic E-state index is -3.48. The second kappa shape index (κ2) is 9.28. The highest BCUT2D eigenvalue weighted by Crippen LogP contribution is 2.25. The van der Waals surface area contributed by atoms with Crippen LogP contribution in [0.2, 0.25) is 0 Å². The Hall–Kier alpha value is -2.58. The predicted molar refractivity (Wildman–Crippen MR) is 110 cm³/mol. The highest BCUT2D eigenvalue weighted by atomic mass is 32.2. The Morgan fingerprint density at radius 1 is 1.14 bits per heavy atom.